The predicted octanol–water partition coefficient (Wildman–Crippen LogP) is 5.36. The molecule has 1 amide bonds. The molecule has 0 aliphatic carbocycles. The number of halogens is 2. The minimum atomic E-state index is -0.0741. The molecule has 0 atom stereocenters. The van der Waals surface area contributed by atoms with Crippen LogP contribution < -0.4 is 4.90 Å². The smallest absolute Gasteiger partial charge is 0.251 e. The Hall–Kier alpha value is -1.33. The van der Waals surface area contributed by atoms with E-state index in [0.29, 0.717) is 11.6 Å². The largest absolute Gasteiger partial charge is 0.302 e. The molecule has 114 valence electrons. The molecule has 2 nitrogen and oxygen atoms in total. The van der Waals surface area contributed by atoms with Crippen molar-refractivity contribution in [3.8, 4) is 0 Å². The van der Waals surface area contributed by atoms with Gasteiger partial charge in [-0.05, 0) is 65.8 Å². The minimum absolute atomic E-state index is 0.0741. The van der Waals surface area contributed by atoms with Crippen LogP contribution in [0.1, 0.15) is 18.1 Å². The van der Waals surface area contributed by atoms with Crippen molar-refractivity contribution in [3.05, 3.63) is 74.3 Å². The number of hydrogen-bond donors (Lipinski definition) is 0. The van der Waals surface area contributed by atoms with Crippen molar-refractivity contribution in [2.24, 2.45) is 0 Å². The number of nitrogens with zero attached hydrogens (tertiary/aromatic N) is 1. The Balaban J connectivity index is 2.47. The molecule has 0 aromatic heterocycles. The van der Waals surface area contributed by atoms with Gasteiger partial charge in [-0.25, -0.2) is 0 Å². The van der Waals surface area contributed by atoms with Crippen LogP contribution in [-0.4, -0.2) is 5.91 Å². The third-order valence-corrected chi connectivity index (χ3v) is 4.30. The lowest BCUT2D eigenvalue weighted by Crippen LogP contribution is -2.29. The second-order valence-electron chi connectivity index (χ2n) is 4.99. The summed E-state index contributed by atoms with van der Waals surface area (Å²) in [5.74, 6) is -0.0741. The van der Waals surface area contributed by atoms with Crippen molar-refractivity contribution in [3.63, 3.8) is 0 Å². The van der Waals surface area contributed by atoms with Crippen molar-refractivity contribution in [2.75, 3.05) is 4.90 Å². The highest BCUT2D eigenvalue weighted by Crippen LogP contribution is 2.33. The maximum Gasteiger partial charge on any atom is 0.251 e. The molecule has 2 aromatic carbocycles. The van der Waals surface area contributed by atoms with E-state index in [1.807, 2.05) is 56.3 Å². The molecule has 0 heterocycles. The Morgan fingerprint density at radius 1 is 1.27 bits per heavy atom. The van der Waals surface area contributed by atoms with Crippen molar-refractivity contribution < 1.29 is 4.79 Å². The SMILES string of the molecule is C/C=C/C(=O)N(Cc1ccccc1)c1c(Cl)cc(C)cc1I. The van der Waals surface area contributed by atoms with Gasteiger partial charge in [-0.3, -0.25) is 4.79 Å². The van der Waals surface area contributed by atoms with Gasteiger partial charge in [0.05, 0.1) is 17.3 Å². The number of aryl methyl sites for hydroxylation is 1. The molecule has 4 heteroatoms. The monoisotopic (exact) mass is 425 g/mol. The van der Waals surface area contributed by atoms with Gasteiger partial charge in [0, 0.05) is 3.57 Å². The zero-order valence-corrected chi connectivity index (χ0v) is 15.4. The fourth-order valence-electron chi connectivity index (χ4n) is 2.22. The number of carbonyl (C=O) groups is 1. The number of allylic oxidation sites excluding steroid dienone is 1. The summed E-state index contributed by atoms with van der Waals surface area (Å²) in [6.45, 7) is 4.32. The fourth-order valence-corrected chi connectivity index (χ4v) is 3.82. The average molecular weight is 426 g/mol. The Bertz CT molecular complexity index is 674. The van der Waals surface area contributed by atoms with Gasteiger partial charge < -0.3 is 4.90 Å². The van der Waals surface area contributed by atoms with Gasteiger partial charge in [0.1, 0.15) is 0 Å². The maximum atomic E-state index is 12.5. The molecular formula is C18H17ClINO. The Morgan fingerprint density at radius 2 is 1.95 bits per heavy atom. The molecule has 0 aliphatic rings. The second-order valence-corrected chi connectivity index (χ2v) is 6.56. The van der Waals surface area contributed by atoms with E-state index in [1.54, 1.807) is 17.1 Å². The Morgan fingerprint density at radius 3 is 2.55 bits per heavy atom. The summed E-state index contributed by atoms with van der Waals surface area (Å²) >= 11 is 8.65. The first-order valence-electron chi connectivity index (χ1n) is 6.96. The molecule has 0 bridgehead atoms. The lowest BCUT2D eigenvalue weighted by atomic mass is 10.1. The zero-order valence-electron chi connectivity index (χ0n) is 12.5. The maximum absolute atomic E-state index is 12.5. The molecule has 2 rings (SSSR count). The third-order valence-electron chi connectivity index (χ3n) is 3.19. The summed E-state index contributed by atoms with van der Waals surface area (Å²) in [7, 11) is 0. The summed E-state index contributed by atoms with van der Waals surface area (Å²) in [5, 5.41) is 0.596. The van der Waals surface area contributed by atoms with Gasteiger partial charge >= 0.3 is 0 Å². The van der Waals surface area contributed by atoms with Gasteiger partial charge in [0.25, 0.3) is 5.91 Å². The van der Waals surface area contributed by atoms with E-state index in [4.69, 9.17) is 11.6 Å². The number of amides is 1. The van der Waals surface area contributed by atoms with Crippen LogP contribution in [0.4, 0.5) is 5.69 Å². The summed E-state index contributed by atoms with van der Waals surface area (Å²) < 4.78 is 0.969. The number of rotatable bonds is 4. The highest BCUT2D eigenvalue weighted by molar-refractivity contribution is 14.1. The summed E-state index contributed by atoms with van der Waals surface area (Å²) in [5.41, 5.74) is 2.91. The first kappa shape index (κ1) is 17.0. The molecular weight excluding hydrogens is 409 g/mol. The normalized spacial score (nSPS) is 10.9. The van der Waals surface area contributed by atoms with E-state index in [2.05, 4.69) is 22.6 Å². The highest BCUT2D eigenvalue weighted by Gasteiger charge is 2.20. The molecule has 0 saturated carbocycles. The second kappa shape index (κ2) is 7.79. The first-order valence-corrected chi connectivity index (χ1v) is 8.42. The van der Waals surface area contributed by atoms with Gasteiger partial charge in [0.15, 0.2) is 0 Å². The fraction of sp³-hybridized carbons (Fsp3) is 0.167. The molecule has 0 N–H and O–H groups in total. The van der Waals surface area contributed by atoms with Crippen LogP contribution in [0, 0.1) is 10.5 Å². The van der Waals surface area contributed by atoms with Crippen molar-refractivity contribution in [2.45, 2.75) is 20.4 Å². The molecule has 0 aliphatic heterocycles. The molecule has 2 aromatic rings. The van der Waals surface area contributed by atoms with Crippen LogP contribution >= 0.6 is 34.2 Å². The molecule has 0 saturated heterocycles. The molecule has 0 unspecified atom stereocenters. The zero-order chi connectivity index (χ0) is 16.1. The van der Waals surface area contributed by atoms with Crippen LogP contribution in [0.5, 0.6) is 0 Å². The standard InChI is InChI=1S/C18H17ClINO/c1-3-7-17(22)21(12-14-8-5-4-6-9-14)18-15(19)10-13(2)11-16(18)20/h3-11H,12H2,1-2H3/b7-3+. The lowest BCUT2D eigenvalue weighted by molar-refractivity contribution is -0.114. The Kier molecular flexibility index (Phi) is 6.03. The highest BCUT2D eigenvalue weighted by atomic mass is 127. The summed E-state index contributed by atoms with van der Waals surface area (Å²) in [4.78, 5) is 14.2. The van der Waals surface area contributed by atoms with E-state index < -0.39 is 0 Å². The molecule has 22 heavy (non-hydrogen) atoms. The minimum Gasteiger partial charge on any atom is -0.302 e. The van der Waals surface area contributed by atoms with E-state index >= 15 is 0 Å². The van der Waals surface area contributed by atoms with Gasteiger partial charge in [-0.15, -0.1) is 0 Å². The van der Waals surface area contributed by atoms with Crippen molar-refractivity contribution >= 4 is 45.8 Å². The lowest BCUT2D eigenvalue weighted by Gasteiger charge is -2.24. The number of benzene rings is 2. The summed E-state index contributed by atoms with van der Waals surface area (Å²) in [6.07, 6.45) is 3.31. The molecule has 0 fully saturated rings. The molecule has 0 spiro atoms. The van der Waals surface area contributed by atoms with E-state index in [0.717, 1.165) is 20.4 Å². The van der Waals surface area contributed by atoms with E-state index in [9.17, 15) is 4.79 Å². The van der Waals surface area contributed by atoms with Crippen molar-refractivity contribution in [1.82, 2.24) is 0 Å². The van der Waals surface area contributed by atoms with Crippen LogP contribution in [0.15, 0.2) is 54.6 Å². The quantitative estimate of drug-likeness (QED) is 0.477. The van der Waals surface area contributed by atoms with E-state index in [1.165, 1.54) is 0 Å². The van der Waals surface area contributed by atoms with Gasteiger partial charge in [0.2, 0.25) is 0 Å². The van der Waals surface area contributed by atoms with Crippen LogP contribution in [0.2, 0.25) is 5.02 Å². The average Bonchev–Trinajstić information content (AvgIpc) is 2.46. The van der Waals surface area contributed by atoms with Gasteiger partial charge in [-0.2, -0.15) is 0 Å². The van der Waals surface area contributed by atoms with Crippen LogP contribution in [0.25, 0.3) is 0 Å². The molecule has 0 radical (unpaired) electrons. The number of anilines is 1. The predicted molar refractivity (Wildman–Crippen MR) is 101 cm³/mol. The van der Waals surface area contributed by atoms with Crippen LogP contribution in [-0.2, 0) is 11.3 Å². The van der Waals surface area contributed by atoms with Crippen LogP contribution in [0.3, 0.4) is 0 Å². The summed E-state index contributed by atoms with van der Waals surface area (Å²) in [6, 6.07) is 13.8. The third kappa shape index (κ3) is 4.11. The topological polar surface area (TPSA) is 20.3 Å². The Labute approximate surface area is 149 Å². The van der Waals surface area contributed by atoms with Gasteiger partial charge in [-0.1, -0.05) is 48.0 Å². The van der Waals surface area contributed by atoms with E-state index in [-0.39, 0.29) is 5.91 Å². The number of carbonyl (C=O) groups excluding carboxylic acids is 1. The van der Waals surface area contributed by atoms with Crippen molar-refractivity contribution in [1.29, 1.82) is 0 Å². The number of hydrogen-bond acceptors (Lipinski definition) is 1. The first-order chi connectivity index (χ1) is 10.5.